The molecule has 2 aromatic carbocycles. The van der Waals surface area contributed by atoms with E-state index in [0.29, 0.717) is 11.3 Å². The molecule has 0 saturated carbocycles. The van der Waals surface area contributed by atoms with Crippen LogP contribution >= 0.6 is 0 Å². The molecule has 126 valence electrons. The quantitative estimate of drug-likeness (QED) is 0.540. The Balaban J connectivity index is 2.00. The second-order valence-corrected chi connectivity index (χ2v) is 5.96. The van der Waals surface area contributed by atoms with E-state index in [1.807, 2.05) is 32.0 Å². The second-order valence-electron chi connectivity index (χ2n) is 5.96. The monoisotopic (exact) mass is 335 g/mol. The fourth-order valence-corrected chi connectivity index (χ4v) is 2.66. The Kier molecular flexibility index (Phi) is 4.43. The minimum atomic E-state index is -0.452. The molecule has 0 atom stereocenters. The summed E-state index contributed by atoms with van der Waals surface area (Å²) in [7, 11) is 0. The standard InChI is InChI=1S/C19H17N3O3/c1-13-6-7-14(2)17(10-13)18-8-9-19(23)21(20-18)12-15-4-3-5-16(11-15)22(24)25/h3-11H,12H2,1-2H3. The summed E-state index contributed by atoms with van der Waals surface area (Å²) >= 11 is 0. The summed E-state index contributed by atoms with van der Waals surface area (Å²) in [5, 5.41) is 15.4. The van der Waals surface area contributed by atoms with Crippen LogP contribution in [-0.2, 0) is 6.54 Å². The summed E-state index contributed by atoms with van der Waals surface area (Å²) in [5.74, 6) is 0. The number of hydrogen-bond donors (Lipinski definition) is 0. The third-order valence-corrected chi connectivity index (χ3v) is 3.99. The zero-order valence-corrected chi connectivity index (χ0v) is 14.0. The lowest BCUT2D eigenvalue weighted by Crippen LogP contribution is -2.23. The summed E-state index contributed by atoms with van der Waals surface area (Å²) in [5.41, 5.74) is 4.25. The van der Waals surface area contributed by atoms with Crippen LogP contribution in [0, 0.1) is 24.0 Å². The molecule has 0 amide bonds. The van der Waals surface area contributed by atoms with Gasteiger partial charge in [-0.3, -0.25) is 14.9 Å². The molecule has 0 aliphatic carbocycles. The predicted octanol–water partition coefficient (Wildman–Crippen LogP) is 3.48. The highest BCUT2D eigenvalue weighted by molar-refractivity contribution is 5.63. The van der Waals surface area contributed by atoms with Gasteiger partial charge >= 0.3 is 0 Å². The first-order valence-corrected chi connectivity index (χ1v) is 7.83. The lowest BCUT2D eigenvalue weighted by atomic mass is 10.0. The first kappa shape index (κ1) is 16.6. The Labute approximate surface area is 144 Å². The van der Waals surface area contributed by atoms with Crippen molar-refractivity contribution >= 4 is 5.69 Å². The van der Waals surface area contributed by atoms with Crippen LogP contribution < -0.4 is 5.56 Å². The molecular formula is C19H17N3O3. The van der Waals surface area contributed by atoms with Gasteiger partial charge in [0.2, 0.25) is 0 Å². The molecule has 0 aliphatic heterocycles. The lowest BCUT2D eigenvalue weighted by molar-refractivity contribution is -0.384. The molecule has 1 aromatic heterocycles. The highest BCUT2D eigenvalue weighted by atomic mass is 16.6. The zero-order chi connectivity index (χ0) is 18.0. The van der Waals surface area contributed by atoms with Crippen molar-refractivity contribution in [3.63, 3.8) is 0 Å². The molecule has 25 heavy (non-hydrogen) atoms. The van der Waals surface area contributed by atoms with E-state index in [4.69, 9.17) is 0 Å². The molecule has 0 bridgehead atoms. The molecule has 0 radical (unpaired) electrons. The molecule has 3 aromatic rings. The van der Waals surface area contributed by atoms with Crippen molar-refractivity contribution < 1.29 is 4.92 Å². The van der Waals surface area contributed by atoms with Gasteiger partial charge in [-0.05, 0) is 37.1 Å². The van der Waals surface area contributed by atoms with Gasteiger partial charge in [-0.2, -0.15) is 5.10 Å². The number of aromatic nitrogens is 2. The molecule has 0 unspecified atom stereocenters. The largest absolute Gasteiger partial charge is 0.269 e. The predicted molar refractivity (Wildman–Crippen MR) is 95.6 cm³/mol. The number of nitro benzene ring substituents is 1. The van der Waals surface area contributed by atoms with Crippen molar-refractivity contribution in [3.05, 3.63) is 91.8 Å². The number of nitrogens with zero attached hydrogens (tertiary/aromatic N) is 3. The SMILES string of the molecule is Cc1ccc(C)c(-c2ccc(=O)n(Cc3cccc([N+](=O)[O-])c3)n2)c1. The van der Waals surface area contributed by atoms with Crippen molar-refractivity contribution in [2.24, 2.45) is 0 Å². The van der Waals surface area contributed by atoms with Crippen LogP contribution in [0.4, 0.5) is 5.69 Å². The zero-order valence-electron chi connectivity index (χ0n) is 14.0. The van der Waals surface area contributed by atoms with Crippen LogP contribution in [0.25, 0.3) is 11.3 Å². The number of non-ortho nitro benzene ring substituents is 1. The van der Waals surface area contributed by atoms with Crippen LogP contribution in [0.15, 0.2) is 59.4 Å². The van der Waals surface area contributed by atoms with Gasteiger partial charge in [0.05, 0.1) is 17.2 Å². The summed E-state index contributed by atoms with van der Waals surface area (Å²) in [6, 6.07) is 15.5. The van der Waals surface area contributed by atoms with Crippen molar-refractivity contribution in [1.29, 1.82) is 0 Å². The molecule has 0 aliphatic rings. The van der Waals surface area contributed by atoms with Gasteiger partial charge in [0.15, 0.2) is 0 Å². The Morgan fingerprint density at radius 2 is 1.88 bits per heavy atom. The van der Waals surface area contributed by atoms with Gasteiger partial charge in [0.25, 0.3) is 11.2 Å². The molecule has 6 nitrogen and oxygen atoms in total. The molecular weight excluding hydrogens is 318 g/mol. The Morgan fingerprint density at radius 1 is 1.08 bits per heavy atom. The molecule has 0 saturated heterocycles. The number of aryl methyl sites for hydroxylation is 2. The molecule has 3 rings (SSSR count). The van der Waals surface area contributed by atoms with Gasteiger partial charge in [-0.15, -0.1) is 0 Å². The van der Waals surface area contributed by atoms with Crippen molar-refractivity contribution in [1.82, 2.24) is 9.78 Å². The molecule has 1 heterocycles. The van der Waals surface area contributed by atoms with E-state index < -0.39 is 4.92 Å². The summed E-state index contributed by atoms with van der Waals surface area (Å²) in [4.78, 5) is 22.6. The molecule has 0 fully saturated rings. The fourth-order valence-electron chi connectivity index (χ4n) is 2.66. The Hall–Kier alpha value is -3.28. The number of hydrogen-bond acceptors (Lipinski definition) is 4. The van der Waals surface area contributed by atoms with Crippen LogP contribution in [0.3, 0.4) is 0 Å². The van der Waals surface area contributed by atoms with Gasteiger partial charge in [-0.1, -0.05) is 29.8 Å². The van der Waals surface area contributed by atoms with Gasteiger partial charge in [0.1, 0.15) is 0 Å². The normalized spacial score (nSPS) is 10.6. The Morgan fingerprint density at radius 3 is 2.64 bits per heavy atom. The fraction of sp³-hybridized carbons (Fsp3) is 0.158. The average Bonchev–Trinajstić information content (AvgIpc) is 2.59. The van der Waals surface area contributed by atoms with E-state index in [1.165, 1.54) is 22.9 Å². The highest BCUT2D eigenvalue weighted by Gasteiger charge is 2.09. The topological polar surface area (TPSA) is 78.0 Å². The smallest absolute Gasteiger partial charge is 0.268 e. The van der Waals surface area contributed by atoms with Crippen molar-refractivity contribution in [3.8, 4) is 11.3 Å². The number of nitro groups is 1. The lowest BCUT2D eigenvalue weighted by Gasteiger charge is -2.10. The number of benzene rings is 2. The maximum Gasteiger partial charge on any atom is 0.269 e. The van der Waals surface area contributed by atoms with E-state index in [9.17, 15) is 14.9 Å². The van der Waals surface area contributed by atoms with Crippen LogP contribution in [-0.4, -0.2) is 14.7 Å². The van der Waals surface area contributed by atoms with Crippen LogP contribution in [0.5, 0.6) is 0 Å². The molecule has 0 N–H and O–H groups in total. The van der Waals surface area contributed by atoms with Crippen LogP contribution in [0.1, 0.15) is 16.7 Å². The highest BCUT2D eigenvalue weighted by Crippen LogP contribution is 2.22. The maximum atomic E-state index is 12.1. The summed E-state index contributed by atoms with van der Waals surface area (Å²) in [6.45, 7) is 4.17. The Bertz CT molecular complexity index is 1010. The van der Waals surface area contributed by atoms with Gasteiger partial charge < -0.3 is 0 Å². The van der Waals surface area contributed by atoms with Crippen molar-refractivity contribution in [2.75, 3.05) is 0 Å². The van der Waals surface area contributed by atoms with Crippen LogP contribution in [0.2, 0.25) is 0 Å². The van der Waals surface area contributed by atoms with Crippen molar-refractivity contribution in [2.45, 2.75) is 20.4 Å². The van der Waals surface area contributed by atoms with E-state index in [2.05, 4.69) is 5.10 Å². The number of rotatable bonds is 4. The van der Waals surface area contributed by atoms with E-state index in [-0.39, 0.29) is 17.8 Å². The van der Waals surface area contributed by atoms with Gasteiger partial charge in [-0.25, -0.2) is 4.68 Å². The minimum Gasteiger partial charge on any atom is -0.268 e. The first-order valence-electron chi connectivity index (χ1n) is 7.83. The first-order chi connectivity index (χ1) is 11.9. The summed E-state index contributed by atoms with van der Waals surface area (Å²) < 4.78 is 1.33. The third kappa shape index (κ3) is 3.63. The van der Waals surface area contributed by atoms with E-state index in [1.54, 1.807) is 18.2 Å². The maximum absolute atomic E-state index is 12.1. The average molecular weight is 335 g/mol. The third-order valence-electron chi connectivity index (χ3n) is 3.99. The van der Waals surface area contributed by atoms with E-state index >= 15 is 0 Å². The van der Waals surface area contributed by atoms with E-state index in [0.717, 1.165) is 16.7 Å². The second kappa shape index (κ2) is 6.68. The minimum absolute atomic E-state index is 0.00349. The molecule has 6 heteroatoms. The van der Waals surface area contributed by atoms with Gasteiger partial charge in [0, 0.05) is 23.8 Å². The molecule has 0 spiro atoms. The summed E-state index contributed by atoms with van der Waals surface area (Å²) in [6.07, 6.45) is 0.